The number of allylic oxidation sites excluding steroid dienone is 2. The van der Waals surface area contributed by atoms with Crippen LogP contribution in [-0.2, 0) is 11.2 Å². The highest BCUT2D eigenvalue weighted by atomic mass is 16.5. The number of benzene rings is 2. The van der Waals surface area contributed by atoms with Gasteiger partial charge in [0.1, 0.15) is 5.76 Å². The van der Waals surface area contributed by atoms with Gasteiger partial charge in [-0.3, -0.25) is 9.79 Å². The standard InChI is InChI=1S/C25H29NO4/c1-4-29-23-12-11-17(14-24(23)30-5-2)13-21(27)25-20(26-3)15-19(16-22(25)28)18-9-7-6-8-10-18/h6-12,14,19,27H,4-5,13,15-16H2,1-3H3/b25-21-,26-20?. The molecule has 0 spiro atoms. The molecule has 1 N–H and O–H groups in total. The molecule has 1 saturated carbocycles. The third-order valence-corrected chi connectivity index (χ3v) is 5.25. The molecule has 1 aliphatic rings. The van der Waals surface area contributed by atoms with Crippen molar-refractivity contribution in [1.29, 1.82) is 0 Å². The second-order valence-corrected chi connectivity index (χ2v) is 7.25. The van der Waals surface area contributed by atoms with Crippen molar-refractivity contribution in [3.05, 3.63) is 71.0 Å². The molecule has 30 heavy (non-hydrogen) atoms. The summed E-state index contributed by atoms with van der Waals surface area (Å²) in [5.74, 6) is 1.38. The smallest absolute Gasteiger partial charge is 0.168 e. The number of nitrogens with zero attached hydrogens (tertiary/aromatic N) is 1. The van der Waals surface area contributed by atoms with Crippen LogP contribution in [-0.4, -0.2) is 36.9 Å². The first-order valence-electron chi connectivity index (χ1n) is 10.4. The van der Waals surface area contributed by atoms with Crippen LogP contribution < -0.4 is 9.47 Å². The fourth-order valence-electron chi connectivity index (χ4n) is 3.87. The Labute approximate surface area is 178 Å². The summed E-state index contributed by atoms with van der Waals surface area (Å²) in [6, 6.07) is 15.6. The van der Waals surface area contributed by atoms with Gasteiger partial charge in [0.05, 0.1) is 18.8 Å². The average molecular weight is 408 g/mol. The molecule has 3 rings (SSSR count). The van der Waals surface area contributed by atoms with E-state index in [4.69, 9.17) is 9.47 Å². The summed E-state index contributed by atoms with van der Waals surface area (Å²) in [4.78, 5) is 17.3. The minimum atomic E-state index is -0.0656. The molecule has 0 heterocycles. The third kappa shape index (κ3) is 4.90. The minimum Gasteiger partial charge on any atom is -0.511 e. The molecular weight excluding hydrogens is 378 g/mol. The summed E-state index contributed by atoms with van der Waals surface area (Å²) in [6.45, 7) is 4.89. The molecule has 2 aromatic rings. The molecule has 1 fully saturated rings. The van der Waals surface area contributed by atoms with E-state index in [0.717, 1.165) is 11.1 Å². The quantitative estimate of drug-likeness (QED) is 0.515. The van der Waals surface area contributed by atoms with Crippen molar-refractivity contribution in [2.45, 2.75) is 39.0 Å². The Morgan fingerprint density at radius 1 is 1.03 bits per heavy atom. The largest absolute Gasteiger partial charge is 0.511 e. The molecular formula is C25H29NO4. The number of carbonyl (C=O) groups excluding carboxylic acids is 1. The van der Waals surface area contributed by atoms with Crippen molar-refractivity contribution in [3.63, 3.8) is 0 Å². The van der Waals surface area contributed by atoms with Crippen molar-refractivity contribution < 1.29 is 19.4 Å². The Balaban J connectivity index is 1.85. The number of hydrogen-bond acceptors (Lipinski definition) is 5. The van der Waals surface area contributed by atoms with Crippen LogP contribution in [0.5, 0.6) is 11.5 Å². The van der Waals surface area contributed by atoms with Gasteiger partial charge in [-0.05, 0) is 49.4 Å². The molecule has 5 nitrogen and oxygen atoms in total. The Bertz CT molecular complexity index is 947. The van der Waals surface area contributed by atoms with E-state index in [1.165, 1.54) is 0 Å². The summed E-state index contributed by atoms with van der Waals surface area (Å²) >= 11 is 0. The van der Waals surface area contributed by atoms with Crippen LogP contribution in [0.3, 0.4) is 0 Å². The van der Waals surface area contributed by atoms with Gasteiger partial charge in [0.25, 0.3) is 0 Å². The number of carbonyl (C=O) groups is 1. The fraction of sp³-hybridized carbons (Fsp3) is 0.360. The van der Waals surface area contributed by atoms with Gasteiger partial charge >= 0.3 is 0 Å². The molecule has 5 heteroatoms. The van der Waals surface area contributed by atoms with Gasteiger partial charge in [0, 0.05) is 25.6 Å². The van der Waals surface area contributed by atoms with E-state index in [9.17, 15) is 9.90 Å². The predicted octanol–water partition coefficient (Wildman–Crippen LogP) is 5.06. The molecule has 0 bridgehead atoms. The highest BCUT2D eigenvalue weighted by Gasteiger charge is 2.32. The first-order chi connectivity index (χ1) is 14.6. The first kappa shape index (κ1) is 21.6. The second-order valence-electron chi connectivity index (χ2n) is 7.25. The van der Waals surface area contributed by atoms with Gasteiger partial charge in [-0.2, -0.15) is 0 Å². The third-order valence-electron chi connectivity index (χ3n) is 5.25. The predicted molar refractivity (Wildman–Crippen MR) is 119 cm³/mol. The summed E-state index contributed by atoms with van der Waals surface area (Å²) in [6.07, 6.45) is 1.25. The molecule has 0 radical (unpaired) electrons. The van der Waals surface area contributed by atoms with E-state index in [1.54, 1.807) is 7.05 Å². The number of ether oxygens (including phenoxy) is 2. The number of aliphatic hydroxyl groups is 1. The number of rotatable bonds is 7. The zero-order chi connectivity index (χ0) is 21.5. The number of hydrogen-bond donors (Lipinski definition) is 1. The van der Waals surface area contributed by atoms with E-state index in [2.05, 4.69) is 4.99 Å². The van der Waals surface area contributed by atoms with Crippen LogP contribution in [0.25, 0.3) is 0 Å². The number of Topliss-reactive ketones (excluding diaryl/α,β-unsaturated/α-hetero) is 1. The van der Waals surface area contributed by atoms with Gasteiger partial charge in [0.2, 0.25) is 0 Å². The number of ketones is 1. The average Bonchev–Trinajstić information content (AvgIpc) is 2.75. The van der Waals surface area contributed by atoms with Crippen LogP contribution in [0.2, 0.25) is 0 Å². The van der Waals surface area contributed by atoms with Crippen LogP contribution in [0.1, 0.15) is 43.7 Å². The summed E-state index contributed by atoms with van der Waals surface area (Å²) in [5.41, 5.74) is 2.99. The lowest BCUT2D eigenvalue weighted by Crippen LogP contribution is -2.27. The maximum Gasteiger partial charge on any atom is 0.168 e. The zero-order valence-electron chi connectivity index (χ0n) is 17.9. The van der Waals surface area contributed by atoms with Crippen molar-refractivity contribution in [1.82, 2.24) is 0 Å². The summed E-state index contributed by atoms with van der Waals surface area (Å²) in [5, 5.41) is 10.9. The lowest BCUT2D eigenvalue weighted by Gasteiger charge is -2.25. The van der Waals surface area contributed by atoms with Gasteiger partial charge in [0.15, 0.2) is 17.3 Å². The molecule has 1 aliphatic carbocycles. The lowest BCUT2D eigenvalue weighted by molar-refractivity contribution is -0.115. The van der Waals surface area contributed by atoms with Gasteiger partial charge in [-0.15, -0.1) is 0 Å². The van der Waals surface area contributed by atoms with Gasteiger partial charge in [-0.1, -0.05) is 36.4 Å². The Morgan fingerprint density at radius 2 is 1.73 bits per heavy atom. The summed E-state index contributed by atoms with van der Waals surface area (Å²) < 4.78 is 11.3. The lowest BCUT2D eigenvalue weighted by atomic mass is 9.78. The zero-order valence-corrected chi connectivity index (χ0v) is 17.9. The van der Waals surface area contributed by atoms with E-state index in [0.29, 0.717) is 48.8 Å². The van der Waals surface area contributed by atoms with Crippen molar-refractivity contribution in [2.24, 2.45) is 4.99 Å². The topological polar surface area (TPSA) is 68.1 Å². The van der Waals surface area contributed by atoms with Gasteiger partial charge < -0.3 is 14.6 Å². The molecule has 0 amide bonds. The second kappa shape index (κ2) is 10.1. The molecule has 158 valence electrons. The van der Waals surface area contributed by atoms with Crippen LogP contribution in [0, 0.1) is 0 Å². The molecule has 0 aromatic heterocycles. The summed E-state index contributed by atoms with van der Waals surface area (Å²) in [7, 11) is 1.67. The van der Waals surface area contributed by atoms with E-state index < -0.39 is 0 Å². The van der Waals surface area contributed by atoms with E-state index in [1.807, 2.05) is 62.4 Å². The minimum absolute atomic E-state index is 0.0544. The number of aliphatic imine (C=N–C) groups is 1. The van der Waals surface area contributed by atoms with Crippen LogP contribution in [0.4, 0.5) is 0 Å². The fourth-order valence-corrected chi connectivity index (χ4v) is 3.87. The van der Waals surface area contributed by atoms with E-state index in [-0.39, 0.29) is 23.9 Å². The number of aliphatic hydroxyl groups excluding tert-OH is 1. The molecule has 0 saturated heterocycles. The van der Waals surface area contributed by atoms with Crippen LogP contribution >= 0.6 is 0 Å². The maximum absolute atomic E-state index is 12.9. The van der Waals surface area contributed by atoms with Crippen molar-refractivity contribution in [3.8, 4) is 11.5 Å². The maximum atomic E-state index is 12.9. The highest BCUT2D eigenvalue weighted by molar-refractivity contribution is 6.24. The van der Waals surface area contributed by atoms with E-state index >= 15 is 0 Å². The molecule has 0 aliphatic heterocycles. The van der Waals surface area contributed by atoms with Crippen molar-refractivity contribution >= 4 is 11.5 Å². The van der Waals surface area contributed by atoms with Crippen LogP contribution in [0.15, 0.2) is 64.9 Å². The molecule has 2 aromatic carbocycles. The SMILES string of the molecule is CCOc1ccc(C/C(O)=C2/C(=O)CC(c3ccccc3)CC2=NC)cc1OCC. The normalized spacial score (nSPS) is 19.6. The Hall–Kier alpha value is -3.08. The van der Waals surface area contributed by atoms with Crippen molar-refractivity contribution in [2.75, 3.05) is 20.3 Å². The highest BCUT2D eigenvalue weighted by Crippen LogP contribution is 2.34. The molecule has 1 unspecified atom stereocenters. The van der Waals surface area contributed by atoms with Gasteiger partial charge in [-0.25, -0.2) is 0 Å². The Morgan fingerprint density at radius 3 is 2.40 bits per heavy atom. The first-order valence-corrected chi connectivity index (χ1v) is 10.4. The Kier molecular flexibility index (Phi) is 7.28. The molecule has 1 atom stereocenters. The monoisotopic (exact) mass is 407 g/mol.